The maximum atomic E-state index is 12.6. The lowest BCUT2D eigenvalue weighted by atomic mass is 10.2. The molecule has 2 N–H and O–H groups in total. The Morgan fingerprint density at radius 2 is 2.00 bits per heavy atom. The highest BCUT2D eigenvalue weighted by atomic mass is 79.9. The second kappa shape index (κ2) is 5.81. The van der Waals surface area contributed by atoms with Crippen molar-refractivity contribution in [2.24, 2.45) is 0 Å². The van der Waals surface area contributed by atoms with E-state index in [-0.39, 0.29) is 16.3 Å². The standard InChI is InChI=1S/C14H18BrN3O2S/c1-4-18-12(14(15)10(3)17-18)8-21(19,20)13-6-5-9(2)7-11(13)16/h5-7H,4,8,16H2,1-3H3. The molecule has 0 saturated carbocycles. The number of sulfone groups is 1. The fourth-order valence-corrected chi connectivity index (χ4v) is 4.33. The Hall–Kier alpha value is -1.34. The van der Waals surface area contributed by atoms with Crippen LogP contribution < -0.4 is 5.73 Å². The second-order valence-corrected chi connectivity index (χ2v) is 7.71. The lowest BCUT2D eigenvalue weighted by Crippen LogP contribution is -2.12. The molecule has 0 unspecified atom stereocenters. The Morgan fingerprint density at radius 3 is 2.57 bits per heavy atom. The maximum absolute atomic E-state index is 12.6. The lowest BCUT2D eigenvalue weighted by molar-refractivity contribution is 0.585. The molecule has 0 amide bonds. The van der Waals surface area contributed by atoms with Crippen molar-refractivity contribution >= 4 is 31.5 Å². The van der Waals surface area contributed by atoms with Crippen LogP contribution in [-0.2, 0) is 22.1 Å². The fourth-order valence-electron chi connectivity index (χ4n) is 2.22. The van der Waals surface area contributed by atoms with E-state index in [1.54, 1.807) is 22.9 Å². The molecule has 2 rings (SSSR count). The molecule has 0 aliphatic rings. The average Bonchev–Trinajstić information content (AvgIpc) is 2.65. The van der Waals surface area contributed by atoms with Gasteiger partial charge in [0.1, 0.15) is 0 Å². The van der Waals surface area contributed by atoms with Crippen LogP contribution in [0.2, 0.25) is 0 Å². The molecule has 5 nitrogen and oxygen atoms in total. The van der Waals surface area contributed by atoms with Crippen molar-refractivity contribution in [1.82, 2.24) is 9.78 Å². The van der Waals surface area contributed by atoms with E-state index in [1.165, 1.54) is 0 Å². The molecule has 0 aliphatic carbocycles. The van der Waals surface area contributed by atoms with Crippen molar-refractivity contribution in [2.45, 2.75) is 38.0 Å². The molecular formula is C14H18BrN3O2S. The van der Waals surface area contributed by atoms with Gasteiger partial charge >= 0.3 is 0 Å². The Morgan fingerprint density at radius 1 is 1.33 bits per heavy atom. The summed E-state index contributed by atoms with van der Waals surface area (Å²) in [5.74, 6) is -0.129. The summed E-state index contributed by atoms with van der Waals surface area (Å²) in [6.45, 7) is 6.25. The number of halogens is 1. The van der Waals surface area contributed by atoms with Crippen LogP contribution in [0.15, 0.2) is 27.6 Å². The van der Waals surface area contributed by atoms with Gasteiger partial charge < -0.3 is 5.73 Å². The third kappa shape index (κ3) is 3.13. The summed E-state index contributed by atoms with van der Waals surface area (Å²) < 4.78 is 27.7. The molecule has 21 heavy (non-hydrogen) atoms. The van der Waals surface area contributed by atoms with E-state index in [0.29, 0.717) is 12.2 Å². The van der Waals surface area contributed by atoms with Gasteiger partial charge in [0, 0.05) is 6.54 Å². The molecule has 0 spiro atoms. The van der Waals surface area contributed by atoms with E-state index in [9.17, 15) is 8.42 Å². The molecule has 0 fully saturated rings. The van der Waals surface area contributed by atoms with E-state index < -0.39 is 9.84 Å². The van der Waals surface area contributed by atoms with Crippen LogP contribution in [0.4, 0.5) is 5.69 Å². The number of nitrogens with zero attached hydrogens (tertiary/aromatic N) is 2. The van der Waals surface area contributed by atoms with Gasteiger partial charge in [-0.25, -0.2) is 8.42 Å². The van der Waals surface area contributed by atoms with Gasteiger partial charge in [-0.05, 0) is 54.4 Å². The third-order valence-electron chi connectivity index (χ3n) is 3.28. The number of nitrogen functional groups attached to an aromatic ring is 1. The van der Waals surface area contributed by atoms with E-state index in [2.05, 4.69) is 21.0 Å². The van der Waals surface area contributed by atoms with Crippen LogP contribution >= 0.6 is 15.9 Å². The van der Waals surface area contributed by atoms with Crippen molar-refractivity contribution in [3.63, 3.8) is 0 Å². The second-order valence-electron chi connectivity index (χ2n) is 4.96. The molecule has 0 aliphatic heterocycles. The van der Waals surface area contributed by atoms with Gasteiger partial charge in [-0.3, -0.25) is 4.68 Å². The molecule has 0 bridgehead atoms. The predicted molar refractivity (Wildman–Crippen MR) is 86.8 cm³/mol. The largest absolute Gasteiger partial charge is 0.398 e. The number of aryl methyl sites for hydroxylation is 3. The summed E-state index contributed by atoms with van der Waals surface area (Å²) in [6.07, 6.45) is 0. The molecule has 1 aromatic heterocycles. The highest BCUT2D eigenvalue weighted by molar-refractivity contribution is 9.10. The van der Waals surface area contributed by atoms with Crippen molar-refractivity contribution in [3.05, 3.63) is 39.6 Å². The predicted octanol–water partition coefficient (Wildman–Crippen LogP) is 2.84. The number of nitrogens with two attached hydrogens (primary N) is 1. The van der Waals surface area contributed by atoms with Crippen LogP contribution in [0.25, 0.3) is 0 Å². The molecule has 0 atom stereocenters. The Kier molecular flexibility index (Phi) is 4.43. The first-order chi connectivity index (χ1) is 9.76. The number of hydrogen-bond acceptors (Lipinski definition) is 4. The minimum Gasteiger partial charge on any atom is -0.398 e. The Bertz CT molecular complexity index is 782. The van der Waals surface area contributed by atoms with Crippen LogP contribution in [0.1, 0.15) is 23.9 Å². The topological polar surface area (TPSA) is 78.0 Å². The minimum absolute atomic E-state index is 0.129. The first-order valence-electron chi connectivity index (χ1n) is 6.57. The molecule has 7 heteroatoms. The summed E-state index contributed by atoms with van der Waals surface area (Å²) in [5, 5.41) is 4.32. The monoisotopic (exact) mass is 371 g/mol. The fraction of sp³-hybridized carbons (Fsp3) is 0.357. The first kappa shape index (κ1) is 16.0. The van der Waals surface area contributed by atoms with Gasteiger partial charge in [0.15, 0.2) is 9.84 Å². The number of hydrogen-bond donors (Lipinski definition) is 1. The third-order valence-corrected chi connectivity index (χ3v) is 6.01. The summed E-state index contributed by atoms with van der Waals surface area (Å²) >= 11 is 3.42. The summed E-state index contributed by atoms with van der Waals surface area (Å²) in [5.41, 5.74) is 8.50. The molecule has 0 saturated heterocycles. The lowest BCUT2D eigenvalue weighted by Gasteiger charge is -2.10. The number of rotatable bonds is 4. The van der Waals surface area contributed by atoms with Crippen molar-refractivity contribution < 1.29 is 8.42 Å². The zero-order valence-electron chi connectivity index (χ0n) is 12.2. The van der Waals surface area contributed by atoms with E-state index in [0.717, 1.165) is 15.7 Å². The molecule has 1 aromatic carbocycles. The first-order valence-corrected chi connectivity index (χ1v) is 9.01. The van der Waals surface area contributed by atoms with Crippen LogP contribution in [0.3, 0.4) is 0 Å². The number of benzene rings is 1. The van der Waals surface area contributed by atoms with Gasteiger partial charge in [0.05, 0.1) is 32.2 Å². The number of anilines is 1. The van der Waals surface area contributed by atoms with E-state index in [4.69, 9.17) is 5.73 Å². The summed E-state index contributed by atoms with van der Waals surface area (Å²) in [6, 6.07) is 4.98. The molecule has 0 radical (unpaired) electrons. The van der Waals surface area contributed by atoms with Gasteiger partial charge in [0.2, 0.25) is 0 Å². The zero-order chi connectivity index (χ0) is 15.8. The van der Waals surface area contributed by atoms with Gasteiger partial charge in [0.25, 0.3) is 0 Å². The summed E-state index contributed by atoms with van der Waals surface area (Å²) in [7, 11) is -3.52. The van der Waals surface area contributed by atoms with Gasteiger partial charge in [-0.1, -0.05) is 6.07 Å². The quantitative estimate of drug-likeness (QED) is 0.838. The molecule has 2 aromatic rings. The van der Waals surface area contributed by atoms with Crippen molar-refractivity contribution in [2.75, 3.05) is 5.73 Å². The van der Waals surface area contributed by atoms with Crippen LogP contribution in [-0.4, -0.2) is 18.2 Å². The Labute approximate surface area is 133 Å². The van der Waals surface area contributed by atoms with Crippen molar-refractivity contribution in [3.8, 4) is 0 Å². The highest BCUT2D eigenvalue weighted by Crippen LogP contribution is 2.28. The SMILES string of the molecule is CCn1nc(C)c(Br)c1CS(=O)(=O)c1ccc(C)cc1N. The van der Waals surface area contributed by atoms with Gasteiger partial charge in [-0.15, -0.1) is 0 Å². The average molecular weight is 372 g/mol. The smallest absolute Gasteiger partial charge is 0.186 e. The minimum atomic E-state index is -3.52. The summed E-state index contributed by atoms with van der Waals surface area (Å²) in [4.78, 5) is 0.168. The van der Waals surface area contributed by atoms with E-state index in [1.807, 2.05) is 20.8 Å². The van der Waals surface area contributed by atoms with Crippen LogP contribution in [0, 0.1) is 13.8 Å². The maximum Gasteiger partial charge on any atom is 0.186 e. The van der Waals surface area contributed by atoms with Gasteiger partial charge in [-0.2, -0.15) is 5.10 Å². The van der Waals surface area contributed by atoms with Crippen LogP contribution in [0.5, 0.6) is 0 Å². The molecule has 114 valence electrons. The van der Waals surface area contributed by atoms with E-state index >= 15 is 0 Å². The number of aromatic nitrogens is 2. The zero-order valence-corrected chi connectivity index (χ0v) is 14.6. The Balaban J connectivity index is 2.47. The molecular weight excluding hydrogens is 354 g/mol. The van der Waals surface area contributed by atoms with Crippen molar-refractivity contribution in [1.29, 1.82) is 0 Å². The molecule has 1 heterocycles. The normalized spacial score (nSPS) is 11.8. The highest BCUT2D eigenvalue weighted by Gasteiger charge is 2.23.